The van der Waals surface area contributed by atoms with Gasteiger partial charge in [-0.2, -0.15) is 0 Å². The van der Waals surface area contributed by atoms with E-state index in [1.54, 1.807) is 4.90 Å². The second-order valence-corrected chi connectivity index (χ2v) is 12.7. The van der Waals surface area contributed by atoms with Gasteiger partial charge in [0.15, 0.2) is 0 Å². The number of amides is 2. The molecule has 0 aliphatic heterocycles. The highest BCUT2D eigenvalue weighted by molar-refractivity contribution is 7.92. The molecule has 0 aliphatic carbocycles. The van der Waals surface area contributed by atoms with E-state index in [0.717, 1.165) is 22.9 Å². The van der Waals surface area contributed by atoms with Gasteiger partial charge >= 0.3 is 0 Å². The van der Waals surface area contributed by atoms with Crippen LogP contribution in [0.25, 0.3) is 0 Å². The first kappa shape index (κ1) is 31.8. The molecule has 7 nitrogen and oxygen atoms in total. The van der Waals surface area contributed by atoms with Crippen molar-refractivity contribution >= 4 is 27.5 Å². The monoisotopic (exact) mass is 581 g/mol. The number of hydrogen-bond donors (Lipinski definition) is 1. The van der Waals surface area contributed by atoms with Crippen LogP contribution in [0.1, 0.15) is 43.4 Å². The molecule has 0 saturated heterocycles. The number of nitrogens with one attached hydrogen (secondary N) is 1. The van der Waals surface area contributed by atoms with Gasteiger partial charge in [-0.1, -0.05) is 74.0 Å². The summed E-state index contributed by atoms with van der Waals surface area (Å²) in [6.07, 6.45) is 1.67. The summed E-state index contributed by atoms with van der Waals surface area (Å²) in [6.45, 7) is 6.76. The van der Waals surface area contributed by atoms with Gasteiger partial charge in [0, 0.05) is 32.5 Å². The lowest BCUT2D eigenvalue weighted by Crippen LogP contribution is -2.51. The molecule has 0 heterocycles. The van der Waals surface area contributed by atoms with E-state index in [4.69, 9.17) is 0 Å². The first-order valence-electron chi connectivity index (χ1n) is 13.8. The molecule has 0 aromatic heterocycles. The van der Waals surface area contributed by atoms with Crippen molar-refractivity contribution in [3.8, 4) is 0 Å². The molecule has 2 amide bonds. The third-order valence-electron chi connectivity index (χ3n) is 6.70. The van der Waals surface area contributed by atoms with Crippen LogP contribution in [0.5, 0.6) is 0 Å². The number of rotatable bonds is 14. The third kappa shape index (κ3) is 10.0. The molecular weight excluding hydrogens is 541 g/mol. The number of carbonyl (C=O) groups excluding carboxylic acids is 2. The fraction of sp³-hybridized carbons (Fsp3) is 0.375. The van der Waals surface area contributed by atoms with Gasteiger partial charge in [0.1, 0.15) is 11.9 Å². The SMILES string of the molecule is Cc1ccc(CN(C(=O)CCCN(c2ccc(F)cc2)S(C)(=O)=O)[C@H](Cc2ccccc2)C(=O)NCC(C)C)cc1. The number of hydrogen-bond acceptors (Lipinski definition) is 4. The molecule has 1 atom stereocenters. The fourth-order valence-corrected chi connectivity index (χ4v) is 5.44. The van der Waals surface area contributed by atoms with Crippen molar-refractivity contribution in [1.82, 2.24) is 10.2 Å². The summed E-state index contributed by atoms with van der Waals surface area (Å²) in [5.74, 6) is -0.707. The number of aryl methyl sites for hydroxylation is 1. The smallest absolute Gasteiger partial charge is 0.243 e. The minimum Gasteiger partial charge on any atom is -0.354 e. The quantitative estimate of drug-likeness (QED) is 0.287. The predicted molar refractivity (Wildman–Crippen MR) is 161 cm³/mol. The Balaban J connectivity index is 1.87. The van der Waals surface area contributed by atoms with Crippen LogP contribution >= 0.6 is 0 Å². The number of carbonyl (C=O) groups is 2. The van der Waals surface area contributed by atoms with Crippen molar-refractivity contribution in [1.29, 1.82) is 0 Å². The molecular formula is C32H40FN3O4S. The molecule has 0 bridgehead atoms. The first-order chi connectivity index (χ1) is 19.4. The Morgan fingerprint density at radius 3 is 2.12 bits per heavy atom. The zero-order valence-electron chi connectivity index (χ0n) is 24.2. The lowest BCUT2D eigenvalue weighted by atomic mass is 10.0. The Morgan fingerprint density at radius 2 is 1.54 bits per heavy atom. The Hall–Kier alpha value is -3.72. The van der Waals surface area contributed by atoms with Gasteiger partial charge in [0.2, 0.25) is 21.8 Å². The van der Waals surface area contributed by atoms with E-state index in [2.05, 4.69) is 5.32 Å². The number of anilines is 1. The molecule has 0 fully saturated rings. The van der Waals surface area contributed by atoms with E-state index >= 15 is 0 Å². The van der Waals surface area contributed by atoms with Crippen molar-refractivity contribution in [2.45, 2.75) is 52.6 Å². The van der Waals surface area contributed by atoms with Crippen molar-refractivity contribution in [3.05, 3.63) is 101 Å². The van der Waals surface area contributed by atoms with Gasteiger partial charge < -0.3 is 10.2 Å². The maximum Gasteiger partial charge on any atom is 0.243 e. The summed E-state index contributed by atoms with van der Waals surface area (Å²) in [4.78, 5) is 29.0. The Labute approximate surface area is 243 Å². The molecule has 3 rings (SSSR count). The summed E-state index contributed by atoms with van der Waals surface area (Å²) in [5.41, 5.74) is 3.23. The molecule has 220 valence electrons. The van der Waals surface area contributed by atoms with Gasteiger partial charge in [0.05, 0.1) is 11.9 Å². The van der Waals surface area contributed by atoms with Gasteiger partial charge in [-0.05, 0) is 54.7 Å². The summed E-state index contributed by atoms with van der Waals surface area (Å²) in [7, 11) is -3.67. The van der Waals surface area contributed by atoms with Crippen molar-refractivity contribution in [3.63, 3.8) is 0 Å². The molecule has 0 aliphatic rings. The van der Waals surface area contributed by atoms with Crippen molar-refractivity contribution < 1.29 is 22.4 Å². The minimum atomic E-state index is -3.67. The Morgan fingerprint density at radius 1 is 0.902 bits per heavy atom. The second kappa shape index (κ2) is 14.8. The zero-order valence-corrected chi connectivity index (χ0v) is 25.0. The van der Waals surface area contributed by atoms with Crippen molar-refractivity contribution in [2.75, 3.05) is 23.7 Å². The second-order valence-electron chi connectivity index (χ2n) is 10.8. The highest BCUT2D eigenvalue weighted by Crippen LogP contribution is 2.21. The third-order valence-corrected chi connectivity index (χ3v) is 7.89. The molecule has 3 aromatic rings. The Kier molecular flexibility index (Phi) is 11.5. The molecule has 9 heteroatoms. The average Bonchev–Trinajstić information content (AvgIpc) is 2.93. The molecule has 0 radical (unpaired) electrons. The highest BCUT2D eigenvalue weighted by atomic mass is 32.2. The van der Waals surface area contributed by atoms with Crippen LogP contribution in [-0.2, 0) is 32.6 Å². The standard InChI is InChI=1S/C32H40FN3O4S/c1-24(2)22-34-32(38)30(21-26-9-6-5-7-10-26)35(23-27-14-12-25(3)13-15-27)31(37)11-8-20-36(41(4,39)40)29-18-16-28(33)17-19-29/h5-7,9-10,12-19,24,30H,8,11,20-23H2,1-4H3,(H,34,38)/t30-/m1/s1. The summed E-state index contributed by atoms with van der Waals surface area (Å²) in [5, 5.41) is 3.00. The topological polar surface area (TPSA) is 86.8 Å². The maximum absolute atomic E-state index is 13.8. The van der Waals surface area contributed by atoms with Gasteiger partial charge in [-0.3, -0.25) is 13.9 Å². The highest BCUT2D eigenvalue weighted by Gasteiger charge is 2.30. The van der Waals surface area contributed by atoms with E-state index in [0.29, 0.717) is 18.7 Å². The lowest BCUT2D eigenvalue weighted by Gasteiger charge is -2.32. The van der Waals surface area contributed by atoms with Gasteiger partial charge in [-0.15, -0.1) is 0 Å². The van der Waals surface area contributed by atoms with E-state index in [1.165, 1.54) is 28.6 Å². The lowest BCUT2D eigenvalue weighted by molar-refractivity contribution is -0.141. The Bertz CT molecular complexity index is 1380. The number of nitrogens with zero attached hydrogens (tertiary/aromatic N) is 2. The van der Waals surface area contributed by atoms with Crippen molar-refractivity contribution in [2.24, 2.45) is 5.92 Å². The van der Waals surface area contributed by atoms with E-state index in [9.17, 15) is 22.4 Å². The fourth-order valence-electron chi connectivity index (χ4n) is 4.48. The van der Waals surface area contributed by atoms with Crippen LogP contribution < -0.4 is 9.62 Å². The average molecular weight is 582 g/mol. The van der Waals surface area contributed by atoms with Crippen LogP contribution in [0, 0.1) is 18.7 Å². The van der Waals surface area contributed by atoms with Crippen LogP contribution in [-0.4, -0.2) is 50.5 Å². The molecule has 41 heavy (non-hydrogen) atoms. The zero-order chi connectivity index (χ0) is 30.0. The molecule has 3 aromatic carbocycles. The summed E-state index contributed by atoms with van der Waals surface area (Å²) in [6, 6.07) is 21.8. The van der Waals surface area contributed by atoms with E-state index in [-0.39, 0.29) is 43.7 Å². The van der Waals surface area contributed by atoms with E-state index < -0.39 is 21.9 Å². The van der Waals surface area contributed by atoms with Crippen LogP contribution in [0.4, 0.5) is 10.1 Å². The number of benzene rings is 3. The molecule has 1 N–H and O–H groups in total. The normalized spacial score (nSPS) is 12.1. The summed E-state index contributed by atoms with van der Waals surface area (Å²) >= 11 is 0. The summed E-state index contributed by atoms with van der Waals surface area (Å²) < 4.78 is 39.6. The van der Waals surface area contributed by atoms with E-state index in [1.807, 2.05) is 75.4 Å². The van der Waals surface area contributed by atoms with Gasteiger partial charge in [0.25, 0.3) is 0 Å². The van der Waals surface area contributed by atoms with Crippen LogP contribution in [0.2, 0.25) is 0 Å². The molecule has 0 spiro atoms. The molecule has 0 unspecified atom stereocenters. The predicted octanol–water partition coefficient (Wildman–Crippen LogP) is 5.09. The first-order valence-corrected chi connectivity index (χ1v) is 15.7. The maximum atomic E-state index is 13.8. The number of halogens is 1. The molecule has 0 saturated carbocycles. The van der Waals surface area contributed by atoms with Gasteiger partial charge in [-0.25, -0.2) is 12.8 Å². The largest absolute Gasteiger partial charge is 0.354 e. The van der Waals surface area contributed by atoms with Crippen LogP contribution in [0.3, 0.4) is 0 Å². The van der Waals surface area contributed by atoms with Crippen LogP contribution in [0.15, 0.2) is 78.9 Å². The number of sulfonamides is 1. The minimum absolute atomic E-state index is 0.0296.